The van der Waals surface area contributed by atoms with Gasteiger partial charge in [0.2, 0.25) is 0 Å². The Morgan fingerprint density at radius 2 is 2.30 bits per heavy atom. The zero-order valence-corrected chi connectivity index (χ0v) is 14.4. The molecule has 1 saturated heterocycles. The molecule has 4 heterocycles. The Hall–Kier alpha value is -1.64. The first-order valence-electron chi connectivity index (χ1n) is 7.24. The lowest BCUT2D eigenvalue weighted by molar-refractivity contribution is 0.623. The van der Waals surface area contributed by atoms with E-state index in [9.17, 15) is 4.39 Å². The largest absolute Gasteiger partial charge is 0.365 e. The van der Waals surface area contributed by atoms with Crippen molar-refractivity contribution >= 4 is 43.3 Å². The number of thiophene rings is 1. The highest BCUT2D eigenvalue weighted by molar-refractivity contribution is 9.10. The van der Waals surface area contributed by atoms with E-state index in [1.54, 1.807) is 23.6 Å². The quantitative estimate of drug-likeness (QED) is 0.713. The minimum Gasteiger partial charge on any atom is -0.365 e. The van der Waals surface area contributed by atoms with Crippen molar-refractivity contribution in [3.8, 4) is 11.4 Å². The first-order valence-corrected chi connectivity index (χ1v) is 8.91. The summed E-state index contributed by atoms with van der Waals surface area (Å²) < 4.78 is 15.9. The predicted octanol–water partition coefficient (Wildman–Crippen LogP) is 3.43. The van der Waals surface area contributed by atoms with Crippen molar-refractivity contribution in [3.05, 3.63) is 34.1 Å². The fourth-order valence-corrected chi connectivity index (χ4v) is 4.15. The molecule has 0 aliphatic carbocycles. The molecular weight excluding hydrogens is 381 g/mol. The number of hydrogen-bond acceptors (Lipinski definition) is 6. The molecule has 1 fully saturated rings. The molecule has 0 bridgehead atoms. The van der Waals surface area contributed by atoms with E-state index in [4.69, 9.17) is 0 Å². The second kappa shape index (κ2) is 6.10. The summed E-state index contributed by atoms with van der Waals surface area (Å²) >= 11 is 5.08. The van der Waals surface area contributed by atoms with E-state index in [0.29, 0.717) is 17.4 Å². The Kier molecular flexibility index (Phi) is 3.96. The molecule has 0 spiro atoms. The molecule has 4 rings (SSSR count). The number of rotatable bonds is 3. The molecular formula is C15H13BrFN5S. The second-order valence-electron chi connectivity index (χ2n) is 5.35. The van der Waals surface area contributed by atoms with E-state index in [0.717, 1.165) is 40.0 Å². The Morgan fingerprint density at radius 1 is 1.39 bits per heavy atom. The first-order chi connectivity index (χ1) is 11.2. The van der Waals surface area contributed by atoms with Gasteiger partial charge < -0.3 is 10.6 Å². The fraction of sp³-hybridized carbons (Fsp3) is 0.267. The molecule has 3 aromatic rings. The van der Waals surface area contributed by atoms with E-state index >= 15 is 0 Å². The van der Waals surface area contributed by atoms with Crippen LogP contribution < -0.4 is 10.6 Å². The third-order valence-corrected chi connectivity index (χ3v) is 5.67. The van der Waals surface area contributed by atoms with Crippen LogP contribution in [0.25, 0.3) is 21.6 Å². The molecule has 1 aliphatic rings. The lowest BCUT2D eigenvalue weighted by Crippen LogP contribution is -2.23. The average molecular weight is 394 g/mol. The Balaban J connectivity index is 1.85. The number of pyridine rings is 1. The van der Waals surface area contributed by atoms with Crippen LogP contribution in [0, 0.1) is 5.82 Å². The lowest BCUT2D eigenvalue weighted by atomic mass is 10.2. The van der Waals surface area contributed by atoms with E-state index in [-0.39, 0.29) is 0 Å². The van der Waals surface area contributed by atoms with Gasteiger partial charge >= 0.3 is 0 Å². The Morgan fingerprint density at radius 3 is 3.09 bits per heavy atom. The third-order valence-electron chi connectivity index (χ3n) is 3.79. The number of nitrogens with zero attached hydrogens (tertiary/aromatic N) is 3. The van der Waals surface area contributed by atoms with Crippen LogP contribution in [-0.4, -0.2) is 34.1 Å². The highest BCUT2D eigenvalue weighted by atomic mass is 79.9. The van der Waals surface area contributed by atoms with Gasteiger partial charge in [-0.05, 0) is 35.0 Å². The summed E-state index contributed by atoms with van der Waals surface area (Å²) in [6.07, 6.45) is 3.76. The smallest absolute Gasteiger partial charge is 0.165 e. The van der Waals surface area contributed by atoms with E-state index < -0.39 is 5.82 Å². The topological polar surface area (TPSA) is 62.7 Å². The first kappa shape index (κ1) is 14.9. The number of fused-ring (bicyclic) bond motifs is 1. The number of anilines is 1. The standard InChI is InChI=1S/C15H13BrFN5S/c16-10-7-23-13-12(10)21-14(9-2-4-19-6-11(9)17)22-15(13)20-8-1-3-18-5-8/h2,4,6-8,18H,1,3,5H2,(H,20,21,22)/t8-/m1/s1. The Bertz CT molecular complexity index is 862. The molecule has 118 valence electrons. The second-order valence-corrected chi connectivity index (χ2v) is 7.08. The zero-order valence-electron chi connectivity index (χ0n) is 12.0. The number of hydrogen-bond donors (Lipinski definition) is 2. The number of halogens is 2. The number of nitrogens with one attached hydrogen (secondary N) is 2. The zero-order chi connectivity index (χ0) is 15.8. The molecule has 1 atom stereocenters. The van der Waals surface area contributed by atoms with E-state index in [1.165, 1.54) is 6.20 Å². The molecule has 3 aromatic heterocycles. The SMILES string of the molecule is Fc1cnccc1-c1nc(N[C@@H]2CCNC2)c2scc(Br)c2n1. The lowest BCUT2D eigenvalue weighted by Gasteiger charge is -2.14. The van der Waals surface area contributed by atoms with Crippen LogP contribution in [0.2, 0.25) is 0 Å². The van der Waals surface area contributed by atoms with Gasteiger partial charge in [0.05, 0.1) is 20.9 Å². The minimum absolute atomic E-state index is 0.323. The van der Waals surface area contributed by atoms with Gasteiger partial charge in [-0.25, -0.2) is 14.4 Å². The van der Waals surface area contributed by atoms with Crippen molar-refractivity contribution in [2.24, 2.45) is 0 Å². The molecule has 1 aliphatic heterocycles. The number of aromatic nitrogens is 3. The molecule has 8 heteroatoms. The van der Waals surface area contributed by atoms with Gasteiger partial charge in [0, 0.05) is 24.2 Å². The maximum atomic E-state index is 14.1. The highest BCUT2D eigenvalue weighted by Gasteiger charge is 2.20. The van der Waals surface area contributed by atoms with Crippen LogP contribution >= 0.6 is 27.3 Å². The molecule has 0 amide bonds. The van der Waals surface area contributed by atoms with Crippen LogP contribution in [0.4, 0.5) is 10.2 Å². The average Bonchev–Trinajstić information content (AvgIpc) is 3.18. The van der Waals surface area contributed by atoms with Crippen LogP contribution in [0.1, 0.15) is 6.42 Å². The van der Waals surface area contributed by atoms with E-state index in [1.807, 2.05) is 5.38 Å². The van der Waals surface area contributed by atoms with Crippen molar-refractivity contribution in [2.75, 3.05) is 18.4 Å². The molecule has 0 unspecified atom stereocenters. The van der Waals surface area contributed by atoms with Crippen molar-refractivity contribution in [3.63, 3.8) is 0 Å². The van der Waals surface area contributed by atoms with Crippen molar-refractivity contribution < 1.29 is 4.39 Å². The van der Waals surface area contributed by atoms with Crippen molar-refractivity contribution in [1.29, 1.82) is 0 Å². The summed E-state index contributed by atoms with van der Waals surface area (Å²) in [5.74, 6) is 0.697. The summed E-state index contributed by atoms with van der Waals surface area (Å²) in [5, 5.41) is 8.76. The maximum absolute atomic E-state index is 14.1. The van der Waals surface area contributed by atoms with Gasteiger partial charge in [-0.1, -0.05) is 0 Å². The molecule has 0 aromatic carbocycles. The maximum Gasteiger partial charge on any atom is 0.165 e. The van der Waals surface area contributed by atoms with Gasteiger partial charge in [0.25, 0.3) is 0 Å². The van der Waals surface area contributed by atoms with Crippen molar-refractivity contribution in [1.82, 2.24) is 20.3 Å². The van der Waals surface area contributed by atoms with E-state index in [2.05, 4.69) is 41.5 Å². The predicted molar refractivity (Wildman–Crippen MR) is 93.2 cm³/mol. The van der Waals surface area contributed by atoms with Gasteiger partial charge in [0.15, 0.2) is 11.6 Å². The summed E-state index contributed by atoms with van der Waals surface area (Å²) in [6.45, 7) is 1.89. The van der Waals surface area contributed by atoms with Gasteiger partial charge in [-0.3, -0.25) is 4.98 Å². The normalized spacial score (nSPS) is 17.7. The Labute approximate surface area is 144 Å². The van der Waals surface area contributed by atoms with Crippen LogP contribution in [0.15, 0.2) is 28.3 Å². The van der Waals surface area contributed by atoms with Crippen LogP contribution in [0.3, 0.4) is 0 Å². The minimum atomic E-state index is -0.424. The molecule has 2 N–H and O–H groups in total. The highest BCUT2D eigenvalue weighted by Crippen LogP contribution is 2.35. The summed E-state index contributed by atoms with van der Waals surface area (Å²) in [7, 11) is 0. The summed E-state index contributed by atoms with van der Waals surface area (Å²) in [6, 6.07) is 1.92. The summed E-state index contributed by atoms with van der Waals surface area (Å²) in [5.41, 5.74) is 1.15. The summed E-state index contributed by atoms with van der Waals surface area (Å²) in [4.78, 5) is 12.9. The van der Waals surface area contributed by atoms with Gasteiger partial charge in [-0.15, -0.1) is 11.3 Å². The monoisotopic (exact) mass is 393 g/mol. The van der Waals surface area contributed by atoms with Crippen molar-refractivity contribution in [2.45, 2.75) is 12.5 Å². The molecule has 0 saturated carbocycles. The molecule has 23 heavy (non-hydrogen) atoms. The fourth-order valence-electron chi connectivity index (χ4n) is 2.64. The van der Waals surface area contributed by atoms with Gasteiger partial charge in [0.1, 0.15) is 11.3 Å². The van der Waals surface area contributed by atoms with Gasteiger partial charge in [-0.2, -0.15) is 0 Å². The third kappa shape index (κ3) is 2.82. The van der Waals surface area contributed by atoms with Crippen LogP contribution in [-0.2, 0) is 0 Å². The molecule has 5 nitrogen and oxygen atoms in total. The molecule has 0 radical (unpaired) electrons. The van der Waals surface area contributed by atoms with Crippen LogP contribution in [0.5, 0.6) is 0 Å².